The Morgan fingerprint density at radius 2 is 2.10 bits per heavy atom. The molecular formula is C6H14N4. The zero-order chi connectivity index (χ0) is 7.98. The van der Waals surface area contributed by atoms with Crippen LogP contribution < -0.4 is 11.1 Å². The molecule has 0 aliphatic rings. The van der Waals surface area contributed by atoms with Crippen LogP contribution in [0.25, 0.3) is 0 Å². The third kappa shape index (κ3) is 3.88. The summed E-state index contributed by atoms with van der Waals surface area (Å²) in [5.74, 6) is 0.341. The molecule has 0 spiro atoms. The van der Waals surface area contributed by atoms with Crippen LogP contribution in [0, 0.1) is 0 Å². The minimum Gasteiger partial charge on any atom is -0.368 e. The zero-order valence-electron chi connectivity index (χ0n) is 6.68. The van der Waals surface area contributed by atoms with Gasteiger partial charge in [0.2, 0.25) is 5.96 Å². The Labute approximate surface area is 61.2 Å². The van der Waals surface area contributed by atoms with Crippen molar-refractivity contribution in [3.8, 4) is 0 Å². The van der Waals surface area contributed by atoms with Gasteiger partial charge >= 0.3 is 0 Å². The van der Waals surface area contributed by atoms with Crippen molar-refractivity contribution in [2.45, 2.75) is 20.3 Å². The molecule has 10 heavy (non-hydrogen) atoms. The van der Waals surface area contributed by atoms with Gasteiger partial charge in [0, 0.05) is 12.8 Å². The molecule has 0 aromatic rings. The van der Waals surface area contributed by atoms with Crippen LogP contribution in [-0.2, 0) is 0 Å². The maximum absolute atomic E-state index is 5.31. The van der Waals surface area contributed by atoms with Gasteiger partial charge < -0.3 is 11.1 Å². The molecule has 0 saturated heterocycles. The van der Waals surface area contributed by atoms with Gasteiger partial charge in [0.1, 0.15) is 0 Å². The molecule has 0 bridgehead atoms. The lowest BCUT2D eigenvalue weighted by atomic mass is 10.3. The number of hydrogen-bond acceptors (Lipinski definition) is 2. The molecule has 0 aromatic heterocycles. The number of rotatable bonds is 2. The van der Waals surface area contributed by atoms with E-state index in [1.54, 1.807) is 7.05 Å². The molecule has 0 rings (SSSR count). The first kappa shape index (κ1) is 8.94. The van der Waals surface area contributed by atoms with E-state index < -0.39 is 0 Å². The van der Waals surface area contributed by atoms with Crippen molar-refractivity contribution >= 4 is 11.7 Å². The van der Waals surface area contributed by atoms with Gasteiger partial charge in [-0.3, -0.25) is 0 Å². The second kappa shape index (κ2) is 4.78. The molecular weight excluding hydrogens is 128 g/mol. The molecule has 0 unspecified atom stereocenters. The predicted octanol–water partition coefficient (Wildman–Crippen LogP) is 0.306. The molecule has 58 valence electrons. The van der Waals surface area contributed by atoms with Crippen LogP contribution in [0.4, 0.5) is 0 Å². The maximum Gasteiger partial charge on any atom is 0.213 e. The lowest BCUT2D eigenvalue weighted by Crippen LogP contribution is -2.27. The van der Waals surface area contributed by atoms with Crippen LogP contribution in [0.2, 0.25) is 0 Å². The van der Waals surface area contributed by atoms with Gasteiger partial charge in [0.25, 0.3) is 0 Å². The Morgan fingerprint density at radius 3 is 2.50 bits per heavy atom. The van der Waals surface area contributed by atoms with E-state index in [0.717, 1.165) is 12.1 Å². The lowest BCUT2D eigenvalue weighted by molar-refractivity contribution is 1.07. The van der Waals surface area contributed by atoms with Crippen molar-refractivity contribution in [1.82, 2.24) is 5.32 Å². The molecule has 0 aliphatic carbocycles. The second-order valence-corrected chi connectivity index (χ2v) is 1.92. The van der Waals surface area contributed by atoms with Gasteiger partial charge in [-0.05, 0) is 13.3 Å². The molecule has 4 nitrogen and oxygen atoms in total. The van der Waals surface area contributed by atoms with Crippen molar-refractivity contribution < 1.29 is 0 Å². The molecule has 0 radical (unpaired) electrons. The molecule has 0 heterocycles. The highest BCUT2D eigenvalue weighted by Gasteiger charge is 1.83. The lowest BCUT2D eigenvalue weighted by Gasteiger charge is -1.93. The summed E-state index contributed by atoms with van der Waals surface area (Å²) in [7, 11) is 1.70. The van der Waals surface area contributed by atoms with E-state index in [1.807, 2.05) is 13.8 Å². The third-order valence-corrected chi connectivity index (χ3v) is 1.10. The van der Waals surface area contributed by atoms with Crippen molar-refractivity contribution in [3.63, 3.8) is 0 Å². The summed E-state index contributed by atoms with van der Waals surface area (Å²) >= 11 is 0. The standard InChI is InChI=1S/C6H14N4/c1-4-5(2)9-10-6(7)8-3/h4H2,1-3H3,(H3,7,8,10)/b9-5+. The third-order valence-electron chi connectivity index (χ3n) is 1.10. The highest BCUT2D eigenvalue weighted by molar-refractivity contribution is 5.83. The Morgan fingerprint density at radius 1 is 1.50 bits per heavy atom. The van der Waals surface area contributed by atoms with Crippen molar-refractivity contribution in [1.29, 1.82) is 0 Å². The van der Waals surface area contributed by atoms with Gasteiger partial charge in [-0.2, -0.15) is 5.10 Å². The summed E-state index contributed by atoms with van der Waals surface area (Å²) in [6.07, 6.45) is 0.903. The molecule has 0 fully saturated rings. The number of hydrogen-bond donors (Lipinski definition) is 2. The average molecular weight is 142 g/mol. The van der Waals surface area contributed by atoms with Crippen LogP contribution in [0.3, 0.4) is 0 Å². The fourth-order valence-corrected chi connectivity index (χ4v) is 0.260. The van der Waals surface area contributed by atoms with Gasteiger partial charge in [-0.15, -0.1) is 5.10 Å². The molecule has 0 saturated carbocycles. The van der Waals surface area contributed by atoms with Gasteiger partial charge in [0.15, 0.2) is 0 Å². The number of nitrogens with zero attached hydrogens (tertiary/aromatic N) is 2. The number of nitrogens with two attached hydrogens (primary N) is 1. The summed E-state index contributed by atoms with van der Waals surface area (Å²) in [6, 6.07) is 0. The predicted molar refractivity (Wildman–Crippen MR) is 44.1 cm³/mol. The van der Waals surface area contributed by atoms with E-state index >= 15 is 0 Å². The van der Waals surface area contributed by atoms with Gasteiger partial charge in [0.05, 0.1) is 0 Å². The molecule has 3 N–H and O–H groups in total. The monoisotopic (exact) mass is 142 g/mol. The normalized spacial score (nSPS) is 13.5. The van der Waals surface area contributed by atoms with Crippen LogP contribution in [0.5, 0.6) is 0 Å². The van der Waals surface area contributed by atoms with E-state index in [2.05, 4.69) is 15.5 Å². The van der Waals surface area contributed by atoms with Crippen LogP contribution in [-0.4, -0.2) is 18.7 Å². The molecule has 0 aromatic carbocycles. The molecule has 4 heteroatoms. The van der Waals surface area contributed by atoms with Gasteiger partial charge in [-0.25, -0.2) is 0 Å². The first-order valence-corrected chi connectivity index (χ1v) is 3.25. The molecule has 0 atom stereocenters. The maximum atomic E-state index is 5.31. The van der Waals surface area contributed by atoms with Crippen LogP contribution in [0.1, 0.15) is 20.3 Å². The fourth-order valence-electron chi connectivity index (χ4n) is 0.260. The summed E-state index contributed by atoms with van der Waals surface area (Å²) in [5.41, 5.74) is 6.28. The van der Waals surface area contributed by atoms with E-state index in [4.69, 9.17) is 5.73 Å². The fraction of sp³-hybridized carbons (Fsp3) is 0.667. The van der Waals surface area contributed by atoms with E-state index in [0.29, 0.717) is 5.96 Å². The van der Waals surface area contributed by atoms with Crippen molar-refractivity contribution in [2.24, 2.45) is 15.9 Å². The Bertz CT molecular complexity index is 130. The first-order valence-electron chi connectivity index (χ1n) is 3.25. The van der Waals surface area contributed by atoms with E-state index in [9.17, 15) is 0 Å². The summed E-state index contributed by atoms with van der Waals surface area (Å²) < 4.78 is 0. The zero-order valence-corrected chi connectivity index (χ0v) is 6.68. The molecule has 0 aliphatic heterocycles. The smallest absolute Gasteiger partial charge is 0.213 e. The quantitative estimate of drug-likeness (QED) is 0.331. The highest BCUT2D eigenvalue weighted by Crippen LogP contribution is 1.83. The summed E-state index contributed by atoms with van der Waals surface area (Å²) in [4.78, 5) is 0. The van der Waals surface area contributed by atoms with E-state index in [-0.39, 0.29) is 0 Å². The SMILES string of the molecule is CC/C(C)=N/N=C(/N)NC. The average Bonchev–Trinajstić information content (AvgIpc) is 1.99. The second-order valence-electron chi connectivity index (χ2n) is 1.92. The Hall–Kier alpha value is -1.06. The minimum atomic E-state index is 0.341. The number of guanidine groups is 1. The van der Waals surface area contributed by atoms with Crippen molar-refractivity contribution in [2.75, 3.05) is 7.05 Å². The Kier molecular flexibility index (Phi) is 4.28. The highest BCUT2D eigenvalue weighted by atomic mass is 15.3. The van der Waals surface area contributed by atoms with Crippen LogP contribution >= 0.6 is 0 Å². The Balaban J connectivity index is 3.91. The first-order chi connectivity index (χ1) is 4.70. The largest absolute Gasteiger partial charge is 0.368 e. The summed E-state index contributed by atoms with van der Waals surface area (Å²) in [5, 5.41) is 10.2. The van der Waals surface area contributed by atoms with Crippen LogP contribution in [0.15, 0.2) is 10.2 Å². The van der Waals surface area contributed by atoms with Gasteiger partial charge in [-0.1, -0.05) is 6.92 Å². The minimum absolute atomic E-state index is 0.341. The number of nitrogens with one attached hydrogen (secondary N) is 1. The molecule has 0 amide bonds. The topological polar surface area (TPSA) is 62.8 Å². The summed E-state index contributed by atoms with van der Waals surface area (Å²) in [6.45, 7) is 3.93. The van der Waals surface area contributed by atoms with E-state index in [1.165, 1.54) is 0 Å². The van der Waals surface area contributed by atoms with Crippen molar-refractivity contribution in [3.05, 3.63) is 0 Å².